The molecule has 1 unspecified atom stereocenters. The molecule has 3 rings (SSSR count). The van der Waals surface area contributed by atoms with Gasteiger partial charge in [0.05, 0.1) is 24.5 Å². The zero-order valence-electron chi connectivity index (χ0n) is 30.0. The van der Waals surface area contributed by atoms with Crippen LogP contribution in [0.15, 0.2) is 60.7 Å². The molecule has 1 aliphatic rings. The van der Waals surface area contributed by atoms with E-state index >= 15 is 0 Å². The van der Waals surface area contributed by atoms with Crippen LogP contribution < -0.4 is 16.1 Å². The lowest BCUT2D eigenvalue weighted by molar-refractivity contribution is -0.147. The van der Waals surface area contributed by atoms with E-state index in [4.69, 9.17) is 9.47 Å². The number of benzene rings is 2. The highest BCUT2D eigenvalue weighted by Crippen LogP contribution is 2.24. The first kappa shape index (κ1) is 40.4. The normalized spacial score (nSPS) is 17.4. The molecule has 15 heteroatoms. The average Bonchev–Trinajstić information content (AvgIpc) is 3.52. The van der Waals surface area contributed by atoms with Gasteiger partial charge in [0, 0.05) is 27.2 Å². The molecule has 5 amide bonds. The quantitative estimate of drug-likeness (QED) is 0.158. The summed E-state index contributed by atoms with van der Waals surface area (Å²) in [6, 6.07) is 14.5. The van der Waals surface area contributed by atoms with E-state index in [1.807, 2.05) is 6.07 Å². The molecule has 1 heterocycles. The number of likely N-dealkylation sites (N-methyl/N-ethyl adjacent to an activating group) is 1. The van der Waals surface area contributed by atoms with Gasteiger partial charge >= 0.3 is 12.2 Å². The van der Waals surface area contributed by atoms with Gasteiger partial charge in [0.15, 0.2) is 6.29 Å². The predicted octanol–water partition coefficient (Wildman–Crippen LogP) is 2.16. The molecule has 1 aliphatic heterocycles. The Morgan fingerprint density at radius 1 is 1.00 bits per heavy atom. The highest BCUT2D eigenvalue weighted by atomic mass is 16.6. The number of hydrazine groups is 1. The number of likely N-dealkylation sites (tertiary alicyclic amines) is 1. The fourth-order valence-corrected chi connectivity index (χ4v) is 5.53. The Bertz CT molecular complexity index is 1480. The second-order valence-electron chi connectivity index (χ2n) is 13.5. The van der Waals surface area contributed by atoms with Crippen LogP contribution >= 0.6 is 0 Å². The number of hydrogen-bond donors (Lipinski definition) is 4. The van der Waals surface area contributed by atoms with Gasteiger partial charge in [-0.15, -0.1) is 0 Å². The van der Waals surface area contributed by atoms with E-state index in [9.17, 15) is 33.9 Å². The van der Waals surface area contributed by atoms with E-state index in [-0.39, 0.29) is 32.0 Å². The minimum Gasteiger partial charge on any atom is -0.445 e. The van der Waals surface area contributed by atoms with Crippen molar-refractivity contribution in [3.63, 3.8) is 0 Å². The predicted molar refractivity (Wildman–Crippen MR) is 186 cm³/mol. The Morgan fingerprint density at radius 3 is 2.20 bits per heavy atom. The molecule has 2 aromatic carbocycles. The largest absolute Gasteiger partial charge is 0.445 e. The average molecular weight is 711 g/mol. The third kappa shape index (κ3) is 12.1. The number of rotatable bonds is 15. The standard InChI is InChI=1S/C36H50N6O9/c1-7-14-28(29(44)22-43)42(37-19-30(45)39-31(33(47)40(5)6)25-17-12-9-13-18-25)32(46)26-20-41(35(49)51-36(2,3)4)21-27(26)38-34(48)50-23-24-15-10-8-11-16-24/h8-13,15-18,22,26-29,31,37,44H,7,14,19-21,23H2,1-6H3,(H,38,48)(H,39,45)/t26-,27+,28+,29?,31+/m1/s1. The fraction of sp³-hybridized carbons (Fsp3) is 0.500. The van der Waals surface area contributed by atoms with Gasteiger partial charge in [-0.25, -0.2) is 15.0 Å². The van der Waals surface area contributed by atoms with E-state index in [0.717, 1.165) is 10.6 Å². The first-order valence-electron chi connectivity index (χ1n) is 16.9. The first-order chi connectivity index (χ1) is 24.1. The molecule has 1 fully saturated rings. The maximum Gasteiger partial charge on any atom is 0.410 e. The third-order valence-electron chi connectivity index (χ3n) is 8.03. The molecular weight excluding hydrogens is 660 g/mol. The van der Waals surface area contributed by atoms with Crippen LogP contribution in [0, 0.1) is 5.92 Å². The molecule has 278 valence electrons. The summed E-state index contributed by atoms with van der Waals surface area (Å²) in [6.45, 7) is 6.02. The van der Waals surface area contributed by atoms with Crippen LogP contribution in [0.3, 0.4) is 0 Å². The van der Waals surface area contributed by atoms with Crippen LogP contribution in [0.25, 0.3) is 0 Å². The molecule has 51 heavy (non-hydrogen) atoms. The van der Waals surface area contributed by atoms with Crippen LogP contribution in [0.4, 0.5) is 9.59 Å². The van der Waals surface area contributed by atoms with Crippen molar-refractivity contribution in [2.45, 2.75) is 77.0 Å². The number of amides is 5. The molecule has 0 aromatic heterocycles. The van der Waals surface area contributed by atoms with Gasteiger partial charge in [-0.2, -0.15) is 0 Å². The van der Waals surface area contributed by atoms with Crippen LogP contribution in [0.5, 0.6) is 0 Å². The summed E-state index contributed by atoms with van der Waals surface area (Å²) in [7, 11) is 3.12. The summed E-state index contributed by atoms with van der Waals surface area (Å²) < 4.78 is 10.9. The van der Waals surface area contributed by atoms with E-state index < -0.39 is 66.3 Å². The van der Waals surface area contributed by atoms with Gasteiger partial charge in [-0.3, -0.25) is 19.4 Å². The summed E-state index contributed by atoms with van der Waals surface area (Å²) in [5.74, 6) is -2.86. The van der Waals surface area contributed by atoms with E-state index in [2.05, 4.69) is 16.1 Å². The lowest BCUT2D eigenvalue weighted by atomic mass is 9.99. The number of aldehydes is 1. The number of nitrogens with zero attached hydrogens (tertiary/aromatic N) is 3. The number of ether oxygens (including phenoxy) is 2. The Hall–Kier alpha value is -5.02. The minimum atomic E-state index is -1.64. The van der Waals surface area contributed by atoms with Gasteiger partial charge in [-0.05, 0) is 38.3 Å². The topological polar surface area (TPSA) is 187 Å². The number of aliphatic hydroxyl groups excluding tert-OH is 1. The van der Waals surface area contributed by atoms with Gasteiger partial charge in [0.2, 0.25) is 17.7 Å². The van der Waals surface area contributed by atoms with E-state index in [0.29, 0.717) is 18.3 Å². The van der Waals surface area contributed by atoms with Crippen molar-refractivity contribution in [3.8, 4) is 0 Å². The SMILES string of the molecule is CCC[C@@H](C(O)C=O)N(NCC(=O)N[C@H](C(=O)N(C)C)c1ccccc1)C(=O)[C@@H]1CN(C(=O)OC(C)(C)C)C[C@@H]1NC(=O)OCc1ccccc1. The monoisotopic (exact) mass is 710 g/mol. The highest BCUT2D eigenvalue weighted by Gasteiger charge is 2.45. The van der Waals surface area contributed by atoms with Crippen molar-refractivity contribution in [2.24, 2.45) is 5.92 Å². The summed E-state index contributed by atoms with van der Waals surface area (Å²) in [5, 5.41) is 17.1. The third-order valence-corrected chi connectivity index (χ3v) is 8.03. The number of alkyl carbamates (subject to hydrolysis) is 1. The number of hydrogen-bond acceptors (Lipinski definition) is 10. The molecule has 4 N–H and O–H groups in total. The van der Waals surface area contributed by atoms with Crippen molar-refractivity contribution in [1.82, 2.24) is 30.9 Å². The Kier molecular flexibility index (Phi) is 14.9. The number of carbonyl (C=O) groups is 6. The zero-order chi connectivity index (χ0) is 37.7. The lowest BCUT2D eigenvalue weighted by Gasteiger charge is -2.36. The van der Waals surface area contributed by atoms with Crippen molar-refractivity contribution >= 4 is 36.2 Å². The molecular formula is C36H50N6O9. The number of nitrogens with one attached hydrogen (secondary N) is 3. The molecule has 2 aromatic rings. The van der Waals surface area contributed by atoms with Crippen LogP contribution in [0.1, 0.15) is 57.7 Å². The van der Waals surface area contributed by atoms with Crippen LogP contribution in [0.2, 0.25) is 0 Å². The number of carbonyl (C=O) groups excluding carboxylic acids is 6. The van der Waals surface area contributed by atoms with Gasteiger partial charge in [0.25, 0.3) is 0 Å². The van der Waals surface area contributed by atoms with Gasteiger partial charge < -0.3 is 39.8 Å². The van der Waals surface area contributed by atoms with Crippen LogP contribution in [-0.2, 0) is 35.3 Å². The smallest absolute Gasteiger partial charge is 0.410 e. The molecule has 0 bridgehead atoms. The summed E-state index contributed by atoms with van der Waals surface area (Å²) in [4.78, 5) is 81.3. The maximum absolute atomic E-state index is 14.4. The van der Waals surface area contributed by atoms with E-state index in [1.54, 1.807) is 96.4 Å². The van der Waals surface area contributed by atoms with Crippen LogP contribution in [-0.4, -0.2) is 114 Å². The first-order valence-corrected chi connectivity index (χ1v) is 16.9. The molecule has 1 saturated heterocycles. The maximum atomic E-state index is 14.4. The Morgan fingerprint density at radius 2 is 1.63 bits per heavy atom. The fourth-order valence-electron chi connectivity index (χ4n) is 5.53. The molecule has 0 saturated carbocycles. The van der Waals surface area contributed by atoms with Gasteiger partial charge in [0.1, 0.15) is 24.4 Å². The Labute approximate surface area is 298 Å². The molecule has 0 radical (unpaired) electrons. The van der Waals surface area contributed by atoms with Crippen molar-refractivity contribution in [1.29, 1.82) is 0 Å². The van der Waals surface area contributed by atoms with Crippen molar-refractivity contribution < 1.29 is 43.3 Å². The highest BCUT2D eigenvalue weighted by molar-refractivity contribution is 5.89. The van der Waals surface area contributed by atoms with Crippen molar-refractivity contribution in [3.05, 3.63) is 71.8 Å². The second-order valence-corrected chi connectivity index (χ2v) is 13.5. The molecule has 0 spiro atoms. The zero-order valence-corrected chi connectivity index (χ0v) is 30.0. The summed E-state index contributed by atoms with van der Waals surface area (Å²) >= 11 is 0. The molecule has 0 aliphatic carbocycles. The second kappa shape index (κ2) is 18.8. The molecule has 15 nitrogen and oxygen atoms in total. The Balaban J connectivity index is 1.88. The molecule has 5 atom stereocenters. The summed E-state index contributed by atoms with van der Waals surface area (Å²) in [5.41, 5.74) is 3.21. The van der Waals surface area contributed by atoms with Gasteiger partial charge in [-0.1, -0.05) is 74.0 Å². The summed E-state index contributed by atoms with van der Waals surface area (Å²) in [6.07, 6.45) is -2.28. The van der Waals surface area contributed by atoms with E-state index in [1.165, 1.54) is 9.80 Å². The number of aliphatic hydroxyl groups is 1. The minimum absolute atomic E-state index is 0.0407. The van der Waals surface area contributed by atoms with Crippen molar-refractivity contribution in [2.75, 3.05) is 33.7 Å². The lowest BCUT2D eigenvalue weighted by Crippen LogP contribution is -2.60.